The Labute approximate surface area is 248 Å². The average Bonchev–Trinajstić information content (AvgIpc) is 3.54. The van der Waals surface area contributed by atoms with Crippen LogP contribution in [0.4, 0.5) is 28.0 Å². The van der Waals surface area contributed by atoms with Crippen molar-refractivity contribution in [2.75, 3.05) is 42.3 Å². The summed E-state index contributed by atoms with van der Waals surface area (Å²) in [6.07, 6.45) is 3.70. The van der Waals surface area contributed by atoms with Gasteiger partial charge < -0.3 is 19.5 Å². The topological polar surface area (TPSA) is 123 Å². The number of thiazole rings is 1. The smallest absolute Gasteiger partial charge is 0.238 e. The molecule has 212 valence electrons. The molecule has 12 heteroatoms. The minimum Gasteiger partial charge on any atom is -0.435 e. The van der Waals surface area contributed by atoms with E-state index in [4.69, 9.17) is 16.0 Å². The van der Waals surface area contributed by atoms with E-state index in [2.05, 4.69) is 50.3 Å². The van der Waals surface area contributed by atoms with Gasteiger partial charge in [-0.15, -0.1) is 10.2 Å². The molecule has 0 saturated carbocycles. The molecular weight excluding hydrogens is 560 g/mol. The molecule has 2 aromatic carbocycles. The zero-order chi connectivity index (χ0) is 29.5. The van der Waals surface area contributed by atoms with Crippen LogP contribution >= 0.6 is 22.9 Å². The van der Waals surface area contributed by atoms with E-state index < -0.39 is 0 Å². The molecule has 0 unspecified atom stereocenters. The fourth-order valence-corrected chi connectivity index (χ4v) is 5.23. The van der Waals surface area contributed by atoms with E-state index in [-0.39, 0.29) is 17.4 Å². The minimum absolute atomic E-state index is 0.186. The quantitative estimate of drug-likeness (QED) is 0.138. The first-order valence-electron chi connectivity index (χ1n) is 13.2. The van der Waals surface area contributed by atoms with E-state index in [0.717, 1.165) is 31.6 Å². The van der Waals surface area contributed by atoms with Gasteiger partial charge >= 0.3 is 0 Å². The highest BCUT2D eigenvalue weighted by atomic mass is 35.5. The molecule has 0 aliphatic carbocycles. The summed E-state index contributed by atoms with van der Waals surface area (Å²) in [7, 11) is 3.71. The van der Waals surface area contributed by atoms with Crippen LogP contribution < -0.4 is 15.1 Å². The molecule has 0 spiro atoms. The van der Waals surface area contributed by atoms with Crippen molar-refractivity contribution in [2.24, 2.45) is 10.2 Å². The molecule has 2 aromatic heterocycles. The number of oxazole rings is 1. The second-order valence-corrected chi connectivity index (χ2v) is 10.9. The first-order valence-corrected chi connectivity index (χ1v) is 14.4. The van der Waals surface area contributed by atoms with Gasteiger partial charge in [-0.2, -0.15) is 10.2 Å². The lowest BCUT2D eigenvalue weighted by atomic mass is 10.2. The van der Waals surface area contributed by atoms with E-state index in [0.29, 0.717) is 43.3 Å². The van der Waals surface area contributed by atoms with Crippen molar-refractivity contribution >= 4 is 79.6 Å². The third-order valence-electron chi connectivity index (χ3n) is 5.91. The number of azo groups is 1. The van der Waals surface area contributed by atoms with Gasteiger partial charge in [0.05, 0.1) is 10.6 Å². The number of carbonyl (C=O) groups excluding carboxylic acids is 1. The van der Waals surface area contributed by atoms with Gasteiger partial charge in [0.25, 0.3) is 0 Å². The largest absolute Gasteiger partial charge is 0.435 e. The number of halogens is 1. The maximum atomic E-state index is 12.0. The number of anilines is 3. The van der Waals surface area contributed by atoms with Gasteiger partial charge in [-0.1, -0.05) is 36.8 Å². The number of nitrogens with zero attached hydrogens (tertiary/aromatic N) is 7. The lowest BCUT2D eigenvalue weighted by Crippen LogP contribution is -2.24. The molecule has 41 heavy (non-hydrogen) atoms. The highest BCUT2D eigenvalue weighted by Crippen LogP contribution is 2.37. The summed E-state index contributed by atoms with van der Waals surface area (Å²) in [5, 5.41) is 22.5. The third-order valence-corrected chi connectivity index (χ3v) is 7.02. The number of aromatic nitrogens is 2. The molecule has 4 rings (SSSR count). The maximum Gasteiger partial charge on any atom is 0.238 e. The van der Waals surface area contributed by atoms with Crippen molar-refractivity contribution in [3.8, 4) is 6.07 Å². The minimum atomic E-state index is -0.196. The van der Waals surface area contributed by atoms with Crippen LogP contribution in [0, 0.1) is 11.3 Å². The number of nitriles is 1. The van der Waals surface area contributed by atoms with Crippen LogP contribution in [0.3, 0.4) is 0 Å². The van der Waals surface area contributed by atoms with E-state index >= 15 is 0 Å². The number of amides is 1. The van der Waals surface area contributed by atoms with Crippen LogP contribution in [0.1, 0.15) is 44.4 Å². The Kier molecular flexibility index (Phi) is 9.70. The summed E-state index contributed by atoms with van der Waals surface area (Å²) >= 11 is 7.33. The fourth-order valence-electron chi connectivity index (χ4n) is 4.16. The molecule has 1 amide bonds. The van der Waals surface area contributed by atoms with E-state index in [1.165, 1.54) is 18.3 Å². The molecule has 0 bridgehead atoms. The molecule has 1 N–H and O–H groups in total. The highest BCUT2D eigenvalue weighted by molar-refractivity contribution is 7.16. The van der Waals surface area contributed by atoms with Crippen LogP contribution in [-0.4, -0.2) is 43.1 Å². The van der Waals surface area contributed by atoms with Crippen LogP contribution in [0.5, 0.6) is 0 Å². The van der Waals surface area contributed by atoms with Crippen molar-refractivity contribution in [3.63, 3.8) is 0 Å². The fraction of sp³-hybridized carbons (Fsp3) is 0.310. The van der Waals surface area contributed by atoms with Crippen molar-refractivity contribution < 1.29 is 9.21 Å². The number of fused-ring (bicyclic) bond motifs is 1. The van der Waals surface area contributed by atoms with Crippen LogP contribution in [-0.2, 0) is 4.79 Å². The van der Waals surface area contributed by atoms with E-state index in [9.17, 15) is 10.1 Å². The zero-order valence-electron chi connectivity index (χ0n) is 23.6. The van der Waals surface area contributed by atoms with E-state index in [1.54, 1.807) is 24.3 Å². The number of nitrogens with one attached hydrogen (secondary N) is 1. The van der Waals surface area contributed by atoms with Gasteiger partial charge in [-0.05, 0) is 49.2 Å². The van der Waals surface area contributed by atoms with Crippen molar-refractivity contribution in [3.05, 3.63) is 52.2 Å². The molecular formula is C29H31ClN8O2S. The summed E-state index contributed by atoms with van der Waals surface area (Å²) in [4.78, 5) is 25.8. The van der Waals surface area contributed by atoms with Gasteiger partial charge in [0, 0.05) is 50.9 Å². The molecule has 0 aliphatic heterocycles. The monoisotopic (exact) mass is 590 g/mol. The number of rotatable bonds is 11. The summed E-state index contributed by atoms with van der Waals surface area (Å²) in [5.41, 5.74) is 3.43. The average molecular weight is 591 g/mol. The SMILES string of the molecule is CCCN(CCC)c1ccc(N=Nc2nc(N(C)C)c(/C=C(\C#N)c3nc4ccc(Cl)cc4o3)s2)c(NC(C)=O)c1. The van der Waals surface area contributed by atoms with Gasteiger partial charge in [-0.25, -0.2) is 4.98 Å². The van der Waals surface area contributed by atoms with Gasteiger partial charge in [-0.3, -0.25) is 4.79 Å². The second-order valence-electron chi connectivity index (χ2n) is 9.45. The Balaban J connectivity index is 1.68. The normalized spacial score (nSPS) is 11.7. The van der Waals surface area contributed by atoms with Crippen LogP contribution in [0.2, 0.25) is 5.02 Å². The molecule has 0 aliphatic rings. The molecule has 4 aromatic rings. The van der Waals surface area contributed by atoms with Gasteiger partial charge in [0.1, 0.15) is 28.7 Å². The first kappa shape index (κ1) is 29.7. The summed E-state index contributed by atoms with van der Waals surface area (Å²) in [6.45, 7) is 7.58. The Morgan fingerprint density at radius 1 is 1.15 bits per heavy atom. The standard InChI is InChI=1S/C29H31ClN8O2S/c1-6-12-38(13-7-2)21-9-11-22(24(16-21)32-18(3)39)35-36-29-34-27(37(4)5)26(41-29)14-19(17-31)28-33-23-10-8-20(30)15-25(23)40-28/h8-11,14-16H,6-7,12-13H2,1-5H3,(H,32,39)/b19-14+,36-35?. The van der Waals surface area contributed by atoms with Crippen molar-refractivity contribution in [1.82, 2.24) is 9.97 Å². The van der Waals surface area contributed by atoms with Crippen LogP contribution in [0.25, 0.3) is 22.7 Å². The Hall–Kier alpha value is -4.27. The van der Waals surface area contributed by atoms with Gasteiger partial charge in [0.2, 0.25) is 16.9 Å². The zero-order valence-corrected chi connectivity index (χ0v) is 25.2. The number of hydrogen-bond acceptors (Lipinski definition) is 10. The maximum absolute atomic E-state index is 12.0. The Bertz CT molecular complexity index is 1640. The lowest BCUT2D eigenvalue weighted by molar-refractivity contribution is -0.114. The molecule has 0 saturated heterocycles. The summed E-state index contributed by atoms with van der Waals surface area (Å²) in [5.74, 6) is 0.604. The number of hydrogen-bond donors (Lipinski definition) is 1. The Morgan fingerprint density at radius 2 is 1.90 bits per heavy atom. The third kappa shape index (κ3) is 7.28. The van der Waals surface area contributed by atoms with Gasteiger partial charge in [0.15, 0.2) is 5.58 Å². The molecule has 0 atom stereocenters. The predicted octanol–water partition coefficient (Wildman–Crippen LogP) is 8.07. The molecule has 0 radical (unpaired) electrons. The molecule has 10 nitrogen and oxygen atoms in total. The first-order chi connectivity index (χ1) is 19.7. The number of carbonyl (C=O) groups is 1. The predicted molar refractivity (Wildman–Crippen MR) is 167 cm³/mol. The Morgan fingerprint density at radius 3 is 2.56 bits per heavy atom. The number of benzene rings is 2. The molecule has 0 fully saturated rings. The summed E-state index contributed by atoms with van der Waals surface area (Å²) in [6, 6.07) is 13.0. The summed E-state index contributed by atoms with van der Waals surface area (Å²) < 4.78 is 5.79. The van der Waals surface area contributed by atoms with Crippen LogP contribution in [0.15, 0.2) is 51.0 Å². The molecule has 2 heterocycles. The second kappa shape index (κ2) is 13.4. The van der Waals surface area contributed by atoms with Crippen molar-refractivity contribution in [2.45, 2.75) is 33.6 Å². The highest BCUT2D eigenvalue weighted by Gasteiger charge is 2.17. The van der Waals surface area contributed by atoms with Crippen molar-refractivity contribution in [1.29, 1.82) is 5.26 Å². The lowest BCUT2D eigenvalue weighted by Gasteiger charge is -2.24. The number of allylic oxidation sites excluding steroid dienone is 1. The van der Waals surface area contributed by atoms with E-state index in [1.807, 2.05) is 37.2 Å².